The molecule has 0 saturated carbocycles. The fourth-order valence-electron chi connectivity index (χ4n) is 4.14. The first-order valence-electron chi connectivity index (χ1n) is 10.9. The lowest BCUT2D eigenvalue weighted by atomic mass is 10.1. The average molecular weight is 475 g/mol. The van der Waals surface area contributed by atoms with Crippen molar-refractivity contribution in [2.24, 2.45) is 0 Å². The molecule has 0 radical (unpaired) electrons. The third-order valence-corrected chi connectivity index (χ3v) is 6.20. The number of benzene rings is 3. The highest BCUT2D eigenvalue weighted by Crippen LogP contribution is 2.30. The Balaban J connectivity index is 1.64. The number of hydrogen-bond acceptors (Lipinski definition) is 4. The minimum atomic E-state index is 0.168. The van der Waals surface area contributed by atoms with Gasteiger partial charge in [0.25, 0.3) is 0 Å². The Morgan fingerprint density at radius 2 is 1.69 bits per heavy atom. The van der Waals surface area contributed by atoms with Gasteiger partial charge in [-0.05, 0) is 35.9 Å². The highest BCUT2D eigenvalue weighted by molar-refractivity contribution is 6.31. The number of rotatable bonds is 5. The maximum Gasteiger partial charge on any atom is 0.145 e. The van der Waals surface area contributed by atoms with Crippen molar-refractivity contribution in [1.29, 1.82) is 10.5 Å². The Morgan fingerprint density at radius 1 is 0.971 bits per heavy atom. The van der Waals surface area contributed by atoms with Crippen LogP contribution in [-0.2, 0) is 6.54 Å². The molecule has 7 heteroatoms. The number of nitrogens with two attached hydrogens (primary N) is 1. The van der Waals surface area contributed by atoms with Crippen molar-refractivity contribution in [2.75, 3.05) is 5.73 Å². The molecule has 0 aliphatic carbocycles. The molecule has 3 aromatic carbocycles. The number of allylic oxidation sites excluding steroid dienone is 1. The highest BCUT2D eigenvalue weighted by atomic mass is 35.5. The molecular weight excluding hydrogens is 456 g/mol. The van der Waals surface area contributed by atoms with Gasteiger partial charge in [-0.25, -0.2) is 4.68 Å². The summed E-state index contributed by atoms with van der Waals surface area (Å²) in [6.45, 7) is 0.578. The molecule has 35 heavy (non-hydrogen) atoms. The smallest absolute Gasteiger partial charge is 0.145 e. The van der Waals surface area contributed by atoms with Gasteiger partial charge in [0.15, 0.2) is 0 Å². The SMILES string of the molecule is N#CC(=Cc1cn(Cc2ccccc2Cl)c2ccccc12)c1nn(-c2ccccc2)c(N)c1C#N. The normalized spacial score (nSPS) is 11.3. The van der Waals surface area contributed by atoms with Crippen LogP contribution in [0.1, 0.15) is 22.4 Å². The minimum Gasteiger partial charge on any atom is -0.382 e. The maximum absolute atomic E-state index is 10.0. The summed E-state index contributed by atoms with van der Waals surface area (Å²) in [5, 5.41) is 26.0. The quantitative estimate of drug-likeness (QED) is 0.314. The van der Waals surface area contributed by atoms with Crippen molar-refractivity contribution in [1.82, 2.24) is 14.3 Å². The van der Waals surface area contributed by atoms with E-state index >= 15 is 0 Å². The van der Waals surface area contributed by atoms with Crippen LogP contribution in [0.3, 0.4) is 0 Å². The van der Waals surface area contributed by atoms with Crippen LogP contribution in [0.5, 0.6) is 0 Å². The first kappa shape index (κ1) is 22.0. The van der Waals surface area contributed by atoms with Crippen LogP contribution in [0, 0.1) is 22.7 Å². The van der Waals surface area contributed by atoms with Crippen molar-refractivity contribution < 1.29 is 0 Å². The number of anilines is 1. The molecule has 0 aliphatic heterocycles. The molecule has 6 nitrogen and oxygen atoms in total. The van der Waals surface area contributed by atoms with E-state index in [-0.39, 0.29) is 22.6 Å². The molecule has 2 heterocycles. The van der Waals surface area contributed by atoms with Crippen LogP contribution < -0.4 is 5.73 Å². The van der Waals surface area contributed by atoms with Gasteiger partial charge in [-0.2, -0.15) is 15.6 Å². The van der Waals surface area contributed by atoms with Crippen molar-refractivity contribution >= 4 is 40.0 Å². The van der Waals surface area contributed by atoms with E-state index in [1.54, 1.807) is 6.08 Å². The Bertz CT molecular complexity index is 1660. The summed E-state index contributed by atoms with van der Waals surface area (Å²) >= 11 is 6.40. The molecule has 0 saturated heterocycles. The van der Waals surface area contributed by atoms with E-state index in [0.29, 0.717) is 17.3 Å². The second kappa shape index (κ2) is 9.23. The summed E-state index contributed by atoms with van der Waals surface area (Å²) in [5.74, 6) is 0.191. The van der Waals surface area contributed by atoms with E-state index < -0.39 is 0 Å². The average Bonchev–Trinajstić information content (AvgIpc) is 3.41. The molecule has 2 N–H and O–H groups in total. The second-order valence-corrected chi connectivity index (χ2v) is 8.37. The Morgan fingerprint density at radius 3 is 2.43 bits per heavy atom. The van der Waals surface area contributed by atoms with Gasteiger partial charge < -0.3 is 10.3 Å². The van der Waals surface area contributed by atoms with Gasteiger partial charge in [-0.3, -0.25) is 0 Å². The first-order valence-corrected chi connectivity index (χ1v) is 11.3. The fourth-order valence-corrected chi connectivity index (χ4v) is 4.33. The molecule has 0 bridgehead atoms. The van der Waals surface area contributed by atoms with Gasteiger partial charge in [0.1, 0.15) is 29.2 Å². The van der Waals surface area contributed by atoms with Crippen LogP contribution in [0.15, 0.2) is 85.1 Å². The summed E-state index contributed by atoms with van der Waals surface area (Å²) in [6.07, 6.45) is 3.73. The summed E-state index contributed by atoms with van der Waals surface area (Å²) in [5.41, 5.74) is 10.5. The van der Waals surface area contributed by atoms with Crippen LogP contribution in [0.25, 0.3) is 28.2 Å². The van der Waals surface area contributed by atoms with E-state index in [1.165, 1.54) is 4.68 Å². The monoisotopic (exact) mass is 474 g/mol. The molecular formula is C28H19ClN6. The Labute approximate surface area is 207 Å². The standard InChI is InChI=1S/C28H19ClN6/c29-25-12-6-4-8-19(25)17-34-18-21(23-11-5-7-13-26(23)34)14-20(15-30)27-24(16-31)28(32)35(33-27)22-9-2-1-3-10-22/h1-14,18H,17,32H2. The number of hydrogen-bond donors (Lipinski definition) is 1. The van der Waals surface area contributed by atoms with Crippen molar-refractivity contribution in [3.8, 4) is 17.8 Å². The summed E-state index contributed by atoms with van der Waals surface area (Å²) in [4.78, 5) is 0. The van der Waals surface area contributed by atoms with Crippen molar-refractivity contribution in [2.45, 2.75) is 6.54 Å². The topological polar surface area (TPSA) is 96.3 Å². The molecule has 168 valence electrons. The lowest BCUT2D eigenvalue weighted by molar-refractivity contribution is 0.836. The number of nitriles is 2. The fraction of sp³-hybridized carbons (Fsp3) is 0.0357. The predicted octanol–water partition coefficient (Wildman–Crippen LogP) is 6.05. The zero-order valence-corrected chi connectivity index (χ0v) is 19.3. The number of halogens is 1. The van der Waals surface area contributed by atoms with Gasteiger partial charge in [0, 0.05) is 34.2 Å². The van der Waals surface area contributed by atoms with E-state index in [1.807, 2.05) is 85.1 Å². The van der Waals surface area contributed by atoms with E-state index in [2.05, 4.69) is 21.8 Å². The van der Waals surface area contributed by atoms with Crippen molar-refractivity contribution in [3.63, 3.8) is 0 Å². The third-order valence-electron chi connectivity index (χ3n) is 5.83. The molecule has 5 aromatic rings. The minimum absolute atomic E-state index is 0.168. The van der Waals surface area contributed by atoms with Gasteiger partial charge in [0.2, 0.25) is 0 Å². The molecule has 0 unspecified atom stereocenters. The van der Waals surface area contributed by atoms with Gasteiger partial charge in [-0.15, -0.1) is 0 Å². The molecule has 5 rings (SSSR count). The van der Waals surface area contributed by atoms with Gasteiger partial charge in [0.05, 0.1) is 11.3 Å². The largest absolute Gasteiger partial charge is 0.382 e. The number of aromatic nitrogens is 3. The molecule has 2 aromatic heterocycles. The van der Waals surface area contributed by atoms with E-state index in [0.717, 1.165) is 22.0 Å². The summed E-state index contributed by atoms with van der Waals surface area (Å²) in [7, 11) is 0. The van der Waals surface area contributed by atoms with Gasteiger partial charge >= 0.3 is 0 Å². The lowest BCUT2D eigenvalue weighted by Gasteiger charge is -2.07. The maximum atomic E-state index is 10.0. The Hall–Kier alpha value is -4.78. The molecule has 0 atom stereocenters. The number of para-hydroxylation sites is 2. The van der Waals surface area contributed by atoms with Crippen LogP contribution in [0.4, 0.5) is 5.82 Å². The van der Waals surface area contributed by atoms with Crippen molar-refractivity contribution in [3.05, 3.63) is 112 Å². The first-order chi connectivity index (χ1) is 17.1. The zero-order valence-electron chi connectivity index (χ0n) is 18.6. The van der Waals surface area contributed by atoms with Gasteiger partial charge in [-0.1, -0.05) is 66.2 Å². The number of nitrogen functional groups attached to an aromatic ring is 1. The molecule has 0 spiro atoms. The zero-order chi connectivity index (χ0) is 24.4. The van der Waals surface area contributed by atoms with Crippen LogP contribution in [-0.4, -0.2) is 14.3 Å². The third kappa shape index (κ3) is 4.04. The molecule has 0 aliphatic rings. The summed E-state index contributed by atoms with van der Waals surface area (Å²) in [6, 6.07) is 29.3. The number of nitrogens with zero attached hydrogens (tertiary/aromatic N) is 5. The Kier molecular flexibility index (Phi) is 5.81. The molecule has 0 amide bonds. The van der Waals surface area contributed by atoms with Crippen LogP contribution in [0.2, 0.25) is 5.02 Å². The predicted molar refractivity (Wildman–Crippen MR) is 139 cm³/mol. The summed E-state index contributed by atoms with van der Waals surface area (Å²) < 4.78 is 3.58. The highest BCUT2D eigenvalue weighted by Gasteiger charge is 2.20. The lowest BCUT2D eigenvalue weighted by Crippen LogP contribution is -2.02. The van der Waals surface area contributed by atoms with E-state index in [9.17, 15) is 10.5 Å². The number of fused-ring (bicyclic) bond motifs is 1. The van der Waals surface area contributed by atoms with E-state index in [4.69, 9.17) is 17.3 Å². The second-order valence-electron chi connectivity index (χ2n) is 7.96. The molecule has 0 fully saturated rings. The van der Waals surface area contributed by atoms with Crippen LogP contribution >= 0.6 is 11.6 Å².